The highest BCUT2D eigenvalue weighted by Crippen LogP contribution is 2.33. The van der Waals surface area contributed by atoms with E-state index in [1.54, 1.807) is 6.07 Å². The maximum atomic E-state index is 12.6. The molecule has 1 heterocycles. The van der Waals surface area contributed by atoms with Crippen LogP contribution in [0, 0.1) is 32.1 Å². The highest BCUT2D eigenvalue weighted by atomic mass is 79.9. The molecule has 1 aromatic carbocycles. The number of carbonyl (C=O) groups excluding carboxylic acids is 1. The van der Waals surface area contributed by atoms with E-state index in [0.717, 1.165) is 20.5 Å². The standard InChI is InChI=1S/C16H15BrN2O2S/c1-8-5-11(17)6-12(14(8)21-4)15(20)19-16-13(7-18)9(2)10(3)22-16/h5-6H,1-4H3,(H,19,20). The third-order valence-electron chi connectivity index (χ3n) is 3.41. The number of hydrogen-bond acceptors (Lipinski definition) is 4. The minimum atomic E-state index is -0.293. The number of carbonyl (C=O) groups is 1. The van der Waals surface area contributed by atoms with E-state index in [-0.39, 0.29) is 5.91 Å². The number of anilines is 1. The molecule has 0 saturated carbocycles. The Morgan fingerprint density at radius 3 is 2.64 bits per heavy atom. The van der Waals surface area contributed by atoms with Gasteiger partial charge >= 0.3 is 0 Å². The lowest BCUT2D eigenvalue weighted by Gasteiger charge is -2.12. The van der Waals surface area contributed by atoms with Gasteiger partial charge in [-0.2, -0.15) is 5.26 Å². The van der Waals surface area contributed by atoms with Gasteiger partial charge in [0.05, 0.1) is 18.2 Å². The van der Waals surface area contributed by atoms with Crippen molar-refractivity contribution in [2.45, 2.75) is 20.8 Å². The first-order valence-electron chi connectivity index (χ1n) is 6.54. The van der Waals surface area contributed by atoms with Crippen LogP contribution in [0.2, 0.25) is 0 Å². The Morgan fingerprint density at radius 1 is 1.36 bits per heavy atom. The number of nitrogens with zero attached hydrogens (tertiary/aromatic N) is 1. The van der Waals surface area contributed by atoms with E-state index in [9.17, 15) is 10.1 Å². The summed E-state index contributed by atoms with van der Waals surface area (Å²) in [5.41, 5.74) is 2.71. The molecule has 114 valence electrons. The van der Waals surface area contributed by atoms with Crippen LogP contribution in [0.4, 0.5) is 5.00 Å². The predicted molar refractivity (Wildman–Crippen MR) is 91.9 cm³/mol. The first-order valence-corrected chi connectivity index (χ1v) is 8.15. The van der Waals surface area contributed by atoms with Gasteiger partial charge in [-0.1, -0.05) is 15.9 Å². The molecule has 0 bridgehead atoms. The number of hydrogen-bond donors (Lipinski definition) is 1. The second-order valence-electron chi connectivity index (χ2n) is 4.86. The van der Waals surface area contributed by atoms with E-state index in [1.165, 1.54) is 18.4 Å². The molecule has 0 spiro atoms. The van der Waals surface area contributed by atoms with E-state index < -0.39 is 0 Å². The number of halogens is 1. The number of nitrogens with one attached hydrogen (secondary N) is 1. The maximum absolute atomic E-state index is 12.6. The van der Waals surface area contributed by atoms with Gasteiger partial charge < -0.3 is 10.1 Å². The van der Waals surface area contributed by atoms with Gasteiger partial charge in [-0.3, -0.25) is 4.79 Å². The van der Waals surface area contributed by atoms with Crippen molar-refractivity contribution in [2.24, 2.45) is 0 Å². The molecular formula is C16H15BrN2O2S. The Bertz CT molecular complexity index is 790. The first kappa shape index (κ1) is 16.5. The number of aryl methyl sites for hydroxylation is 2. The molecule has 2 rings (SSSR count). The number of amides is 1. The summed E-state index contributed by atoms with van der Waals surface area (Å²) < 4.78 is 6.13. The van der Waals surface area contributed by atoms with E-state index in [1.807, 2.05) is 26.8 Å². The predicted octanol–water partition coefficient (Wildman–Crippen LogP) is 4.57. The second-order valence-corrected chi connectivity index (χ2v) is 7.00. The van der Waals surface area contributed by atoms with Crippen LogP contribution in [0.25, 0.3) is 0 Å². The van der Waals surface area contributed by atoms with E-state index in [4.69, 9.17) is 4.74 Å². The lowest BCUT2D eigenvalue weighted by molar-refractivity contribution is 0.102. The summed E-state index contributed by atoms with van der Waals surface area (Å²) in [5.74, 6) is 0.239. The van der Waals surface area contributed by atoms with Crippen LogP contribution in [0.15, 0.2) is 16.6 Å². The van der Waals surface area contributed by atoms with Crippen molar-refractivity contribution in [3.63, 3.8) is 0 Å². The Balaban J connectivity index is 2.43. The average Bonchev–Trinajstić information content (AvgIpc) is 2.72. The largest absolute Gasteiger partial charge is 0.496 e. The summed E-state index contributed by atoms with van der Waals surface area (Å²) in [5, 5.41) is 12.7. The first-order chi connectivity index (χ1) is 10.4. The Labute approximate surface area is 141 Å². The fourth-order valence-electron chi connectivity index (χ4n) is 2.19. The number of nitriles is 1. The summed E-state index contributed by atoms with van der Waals surface area (Å²) in [6.07, 6.45) is 0. The number of methoxy groups -OCH3 is 1. The quantitative estimate of drug-likeness (QED) is 0.850. The van der Waals surface area contributed by atoms with Crippen LogP contribution in [0.5, 0.6) is 5.75 Å². The van der Waals surface area contributed by atoms with Gasteiger partial charge in [0.25, 0.3) is 5.91 Å². The Morgan fingerprint density at radius 2 is 2.05 bits per heavy atom. The number of thiophene rings is 1. The lowest BCUT2D eigenvalue weighted by atomic mass is 10.1. The molecule has 2 aromatic rings. The van der Waals surface area contributed by atoms with Gasteiger partial charge in [0.1, 0.15) is 16.8 Å². The second kappa shape index (κ2) is 6.51. The summed E-state index contributed by atoms with van der Waals surface area (Å²) in [7, 11) is 1.53. The fraction of sp³-hybridized carbons (Fsp3) is 0.250. The highest BCUT2D eigenvalue weighted by molar-refractivity contribution is 9.10. The van der Waals surface area contributed by atoms with Crippen molar-refractivity contribution in [1.29, 1.82) is 5.26 Å². The minimum absolute atomic E-state index is 0.293. The van der Waals surface area contributed by atoms with E-state index in [2.05, 4.69) is 27.3 Å². The van der Waals surface area contributed by atoms with E-state index >= 15 is 0 Å². The van der Waals surface area contributed by atoms with Crippen LogP contribution in [0.1, 0.15) is 31.9 Å². The van der Waals surface area contributed by atoms with Gasteiger partial charge in [0.15, 0.2) is 0 Å². The van der Waals surface area contributed by atoms with Gasteiger partial charge in [-0.25, -0.2) is 0 Å². The summed E-state index contributed by atoms with van der Waals surface area (Å²) in [4.78, 5) is 13.6. The summed E-state index contributed by atoms with van der Waals surface area (Å²) in [6.45, 7) is 5.69. The van der Waals surface area contributed by atoms with Crippen LogP contribution < -0.4 is 10.1 Å². The van der Waals surface area contributed by atoms with Crippen molar-refractivity contribution < 1.29 is 9.53 Å². The van der Waals surface area contributed by atoms with Gasteiger partial charge in [-0.05, 0) is 44.0 Å². The topological polar surface area (TPSA) is 62.1 Å². The zero-order chi connectivity index (χ0) is 16.4. The third kappa shape index (κ3) is 3.01. The molecule has 0 atom stereocenters. The van der Waals surface area contributed by atoms with E-state index in [0.29, 0.717) is 21.9 Å². The molecule has 0 saturated heterocycles. The molecule has 1 aromatic heterocycles. The fourth-order valence-corrected chi connectivity index (χ4v) is 3.77. The van der Waals surface area contributed by atoms with Crippen LogP contribution in [-0.4, -0.2) is 13.0 Å². The smallest absolute Gasteiger partial charge is 0.260 e. The van der Waals surface area contributed by atoms with Crippen molar-refractivity contribution in [3.05, 3.63) is 43.7 Å². The van der Waals surface area contributed by atoms with Gasteiger partial charge in [-0.15, -0.1) is 11.3 Å². The maximum Gasteiger partial charge on any atom is 0.260 e. The van der Waals surface area contributed by atoms with Crippen molar-refractivity contribution in [1.82, 2.24) is 0 Å². The van der Waals surface area contributed by atoms with Crippen molar-refractivity contribution in [2.75, 3.05) is 12.4 Å². The Kier molecular flexibility index (Phi) is 4.89. The molecule has 22 heavy (non-hydrogen) atoms. The summed E-state index contributed by atoms with van der Waals surface area (Å²) >= 11 is 4.79. The SMILES string of the molecule is COc1c(C)cc(Br)cc1C(=O)Nc1sc(C)c(C)c1C#N. The van der Waals surface area contributed by atoms with Gasteiger partial charge in [0.2, 0.25) is 0 Å². The molecule has 0 aliphatic carbocycles. The normalized spacial score (nSPS) is 10.2. The minimum Gasteiger partial charge on any atom is -0.496 e. The zero-order valence-electron chi connectivity index (χ0n) is 12.7. The zero-order valence-corrected chi connectivity index (χ0v) is 15.1. The lowest BCUT2D eigenvalue weighted by Crippen LogP contribution is -2.13. The van der Waals surface area contributed by atoms with Gasteiger partial charge in [0, 0.05) is 9.35 Å². The molecule has 1 N–H and O–H groups in total. The molecular weight excluding hydrogens is 364 g/mol. The number of benzene rings is 1. The van der Waals surface area contributed by atoms with Crippen LogP contribution >= 0.6 is 27.3 Å². The average molecular weight is 379 g/mol. The molecule has 1 amide bonds. The molecule has 0 fully saturated rings. The highest BCUT2D eigenvalue weighted by Gasteiger charge is 2.19. The molecule has 4 nitrogen and oxygen atoms in total. The molecule has 6 heteroatoms. The summed E-state index contributed by atoms with van der Waals surface area (Å²) in [6, 6.07) is 5.74. The van der Waals surface area contributed by atoms with Crippen LogP contribution in [-0.2, 0) is 0 Å². The third-order valence-corrected chi connectivity index (χ3v) is 4.99. The molecule has 0 aliphatic rings. The van der Waals surface area contributed by atoms with Crippen LogP contribution in [0.3, 0.4) is 0 Å². The van der Waals surface area contributed by atoms with Crippen molar-refractivity contribution >= 4 is 38.2 Å². The monoisotopic (exact) mass is 378 g/mol. The number of ether oxygens (including phenoxy) is 1. The number of rotatable bonds is 3. The molecule has 0 radical (unpaired) electrons. The Hall–Kier alpha value is -1.84. The molecule has 0 unspecified atom stereocenters. The van der Waals surface area contributed by atoms with Crippen molar-refractivity contribution in [3.8, 4) is 11.8 Å². The molecule has 0 aliphatic heterocycles.